The van der Waals surface area contributed by atoms with E-state index >= 15 is 0 Å². The molecular formula is C30H20F8N4O3. The number of benzene rings is 4. The van der Waals surface area contributed by atoms with Gasteiger partial charge in [-0.05, 0) is 54.1 Å². The van der Waals surface area contributed by atoms with E-state index in [1.165, 1.54) is 36.4 Å². The van der Waals surface area contributed by atoms with Gasteiger partial charge >= 0.3 is 12.5 Å². The predicted molar refractivity (Wildman–Crippen MR) is 147 cm³/mol. The van der Waals surface area contributed by atoms with Crippen LogP contribution in [0.3, 0.4) is 0 Å². The average molecular weight is 636 g/mol. The quantitative estimate of drug-likeness (QED) is 0.169. The number of anilines is 2. The van der Waals surface area contributed by atoms with Gasteiger partial charge in [-0.1, -0.05) is 46.7 Å². The second-order valence-electron chi connectivity index (χ2n) is 9.38. The first-order valence-corrected chi connectivity index (χ1v) is 12.9. The van der Waals surface area contributed by atoms with E-state index in [9.17, 15) is 35.1 Å². The lowest BCUT2D eigenvalue weighted by molar-refractivity contribution is -0.274. The van der Waals surface area contributed by atoms with E-state index in [1.54, 1.807) is 30.3 Å². The van der Waals surface area contributed by atoms with Gasteiger partial charge in [0.15, 0.2) is 23.0 Å². The molecule has 15 heteroatoms. The second kappa shape index (κ2) is 12.7. The van der Waals surface area contributed by atoms with Crippen molar-refractivity contribution < 1.29 is 48.9 Å². The fourth-order valence-electron chi connectivity index (χ4n) is 4.11. The Bertz CT molecular complexity index is 1900. The molecule has 0 saturated heterocycles. The SMILES string of the molecule is Fc1cc(C(F)(F)F)ccc1CNc1noc2ccccc12.Fc1cccc2c(NCc3ccc(OC(F)(F)F)cc3)noc12. The average Bonchev–Trinajstić information content (AvgIpc) is 3.60. The fourth-order valence-corrected chi connectivity index (χ4v) is 4.11. The molecule has 4 aromatic carbocycles. The van der Waals surface area contributed by atoms with E-state index in [0.29, 0.717) is 34.2 Å². The van der Waals surface area contributed by atoms with Gasteiger partial charge < -0.3 is 24.4 Å². The number of nitrogens with zero attached hydrogens (tertiary/aromatic N) is 2. The minimum Gasteiger partial charge on any atom is -0.406 e. The van der Waals surface area contributed by atoms with Gasteiger partial charge in [0, 0.05) is 18.7 Å². The molecule has 0 radical (unpaired) electrons. The largest absolute Gasteiger partial charge is 0.573 e. The molecule has 7 nitrogen and oxygen atoms in total. The maximum Gasteiger partial charge on any atom is 0.573 e. The smallest absolute Gasteiger partial charge is 0.406 e. The van der Waals surface area contributed by atoms with Gasteiger partial charge in [-0.25, -0.2) is 8.78 Å². The van der Waals surface area contributed by atoms with Gasteiger partial charge in [-0.2, -0.15) is 13.2 Å². The molecule has 0 atom stereocenters. The van der Waals surface area contributed by atoms with Gasteiger partial charge in [-0.15, -0.1) is 13.2 Å². The number of hydrogen-bond donors (Lipinski definition) is 2. The molecule has 2 aromatic heterocycles. The van der Waals surface area contributed by atoms with Crippen molar-refractivity contribution in [2.75, 3.05) is 10.6 Å². The van der Waals surface area contributed by atoms with Crippen LogP contribution in [0.5, 0.6) is 5.75 Å². The second-order valence-corrected chi connectivity index (χ2v) is 9.38. The third-order valence-electron chi connectivity index (χ3n) is 6.27. The summed E-state index contributed by atoms with van der Waals surface area (Å²) in [6.45, 7) is 0.283. The molecule has 0 bridgehead atoms. The minimum absolute atomic E-state index is 0.000494. The van der Waals surface area contributed by atoms with E-state index in [0.717, 1.165) is 17.5 Å². The highest BCUT2D eigenvalue weighted by atomic mass is 19.4. The normalized spacial score (nSPS) is 11.7. The number of aromatic nitrogens is 2. The zero-order valence-electron chi connectivity index (χ0n) is 22.6. The molecule has 0 unspecified atom stereocenters. The van der Waals surface area contributed by atoms with Crippen molar-refractivity contribution in [2.45, 2.75) is 25.6 Å². The van der Waals surface area contributed by atoms with Gasteiger partial charge in [0.1, 0.15) is 11.6 Å². The summed E-state index contributed by atoms with van der Waals surface area (Å²) in [6.07, 6.45) is -9.28. The van der Waals surface area contributed by atoms with Gasteiger partial charge in [0.25, 0.3) is 0 Å². The van der Waals surface area contributed by atoms with E-state index in [2.05, 4.69) is 25.7 Å². The molecular weight excluding hydrogens is 616 g/mol. The van der Waals surface area contributed by atoms with Crippen LogP contribution < -0.4 is 15.4 Å². The topological polar surface area (TPSA) is 85.4 Å². The Morgan fingerprint density at radius 1 is 0.667 bits per heavy atom. The number of para-hydroxylation sites is 2. The molecule has 0 aliphatic heterocycles. The Morgan fingerprint density at radius 2 is 1.33 bits per heavy atom. The molecule has 6 aromatic rings. The number of nitrogens with one attached hydrogen (secondary N) is 2. The van der Waals surface area contributed by atoms with E-state index in [-0.39, 0.29) is 30.0 Å². The number of fused-ring (bicyclic) bond motifs is 2. The summed E-state index contributed by atoms with van der Waals surface area (Å²) in [7, 11) is 0. The number of hydrogen-bond acceptors (Lipinski definition) is 7. The van der Waals surface area contributed by atoms with Gasteiger partial charge in [0.2, 0.25) is 5.58 Å². The Hall–Kier alpha value is -5.34. The van der Waals surface area contributed by atoms with Crippen molar-refractivity contribution in [1.29, 1.82) is 0 Å². The molecule has 2 N–H and O–H groups in total. The van der Waals surface area contributed by atoms with Crippen molar-refractivity contribution in [3.05, 3.63) is 113 Å². The highest BCUT2D eigenvalue weighted by Gasteiger charge is 2.31. The number of ether oxygens (including phenoxy) is 1. The zero-order valence-corrected chi connectivity index (χ0v) is 22.6. The van der Waals surface area contributed by atoms with Crippen LogP contribution in [-0.2, 0) is 19.3 Å². The first kappa shape index (κ1) is 31.1. The van der Waals surface area contributed by atoms with E-state index in [4.69, 9.17) is 9.05 Å². The van der Waals surface area contributed by atoms with E-state index in [1.807, 2.05) is 0 Å². The summed E-state index contributed by atoms with van der Waals surface area (Å²) in [5.41, 5.74) is 0.412. The number of rotatable bonds is 7. The Morgan fingerprint density at radius 3 is 2.04 bits per heavy atom. The summed E-state index contributed by atoms with van der Waals surface area (Å²) in [5, 5.41) is 14.6. The monoisotopic (exact) mass is 636 g/mol. The molecule has 0 spiro atoms. The van der Waals surface area contributed by atoms with Crippen molar-refractivity contribution in [2.24, 2.45) is 0 Å². The molecule has 0 aliphatic carbocycles. The lowest BCUT2D eigenvalue weighted by Crippen LogP contribution is -2.17. The zero-order chi connectivity index (χ0) is 32.2. The lowest BCUT2D eigenvalue weighted by atomic mass is 10.1. The third kappa shape index (κ3) is 7.79. The Kier molecular flexibility index (Phi) is 8.79. The molecule has 6 rings (SSSR count). The van der Waals surface area contributed by atoms with Gasteiger partial charge in [0.05, 0.1) is 16.3 Å². The molecule has 0 aliphatic rings. The molecule has 234 valence electrons. The van der Waals surface area contributed by atoms with Crippen LogP contribution in [0.2, 0.25) is 0 Å². The minimum atomic E-state index is -4.72. The predicted octanol–water partition coefficient (Wildman–Crippen LogP) is 9.08. The van der Waals surface area contributed by atoms with Crippen molar-refractivity contribution in [3.63, 3.8) is 0 Å². The highest BCUT2D eigenvalue weighted by molar-refractivity contribution is 5.88. The number of halogens is 8. The molecule has 0 fully saturated rings. The van der Waals surface area contributed by atoms with Crippen LogP contribution in [0, 0.1) is 11.6 Å². The first-order chi connectivity index (χ1) is 21.4. The van der Waals surface area contributed by atoms with Crippen molar-refractivity contribution >= 4 is 33.6 Å². The van der Waals surface area contributed by atoms with Gasteiger partial charge in [-0.3, -0.25) is 0 Å². The van der Waals surface area contributed by atoms with Crippen LogP contribution >= 0.6 is 0 Å². The first-order valence-electron chi connectivity index (χ1n) is 12.9. The number of alkyl halides is 6. The summed E-state index contributed by atoms with van der Waals surface area (Å²) in [4.78, 5) is 0. The summed E-state index contributed by atoms with van der Waals surface area (Å²) >= 11 is 0. The molecule has 0 saturated carbocycles. The summed E-state index contributed by atoms with van der Waals surface area (Å²) in [6, 6.07) is 19.4. The fraction of sp³-hybridized carbons (Fsp3) is 0.133. The summed E-state index contributed by atoms with van der Waals surface area (Å²) in [5.74, 6) is -0.966. The Labute approximate surface area is 248 Å². The summed E-state index contributed by atoms with van der Waals surface area (Å²) < 4.78 is 115. The Balaban J connectivity index is 0.000000178. The van der Waals surface area contributed by atoms with Crippen LogP contribution in [0.15, 0.2) is 94.0 Å². The van der Waals surface area contributed by atoms with Crippen LogP contribution in [0.4, 0.5) is 46.8 Å². The van der Waals surface area contributed by atoms with Crippen LogP contribution in [0.25, 0.3) is 21.9 Å². The molecule has 2 heterocycles. The van der Waals surface area contributed by atoms with Crippen molar-refractivity contribution in [1.82, 2.24) is 10.3 Å². The van der Waals surface area contributed by atoms with E-state index < -0.39 is 29.7 Å². The van der Waals surface area contributed by atoms with Crippen LogP contribution in [-0.4, -0.2) is 16.7 Å². The van der Waals surface area contributed by atoms with Crippen molar-refractivity contribution in [3.8, 4) is 5.75 Å². The lowest BCUT2D eigenvalue weighted by Gasteiger charge is -2.09. The maximum absolute atomic E-state index is 13.7. The van der Waals surface area contributed by atoms with Crippen LogP contribution in [0.1, 0.15) is 16.7 Å². The highest BCUT2D eigenvalue weighted by Crippen LogP contribution is 2.31. The standard InChI is InChI=1S/C15H10F4N2O2.C15H10F4N2O/c16-12-3-1-2-11-13(12)23-21-14(11)20-8-9-4-6-10(7-5-9)22-15(17,18)19;16-12-7-10(15(17,18)19)6-5-9(12)8-20-14-11-3-1-2-4-13(11)22-21-14/h1-7H,8H2,(H,20,21);1-7H,8H2,(H,20,21). The molecule has 45 heavy (non-hydrogen) atoms. The maximum atomic E-state index is 13.7. The third-order valence-corrected chi connectivity index (χ3v) is 6.27. The molecule has 0 amide bonds.